The lowest BCUT2D eigenvalue weighted by molar-refractivity contribution is 0.669. The van der Waals surface area contributed by atoms with Crippen molar-refractivity contribution in [3.8, 4) is 11.4 Å². The Morgan fingerprint density at radius 2 is 0.581 bits per heavy atom. The van der Waals surface area contributed by atoms with Gasteiger partial charge in [0.15, 0.2) is 0 Å². The second-order valence-corrected chi connectivity index (χ2v) is 20.6. The first kappa shape index (κ1) is 38.1. The van der Waals surface area contributed by atoms with E-state index in [0.29, 0.717) is 0 Å². The lowest BCUT2D eigenvalue weighted by Crippen LogP contribution is -2.58. The number of para-hydroxylation sites is 8. The molecule has 338 valence electrons. The molecule has 8 heteroatoms. The number of hydrogen-bond acceptors (Lipinski definition) is 2. The highest BCUT2D eigenvalue weighted by molar-refractivity contribution is 6.92. The largest absolute Gasteiger partial charge is 0.456 e. The van der Waals surface area contributed by atoms with Crippen LogP contribution in [0.1, 0.15) is 0 Å². The van der Waals surface area contributed by atoms with Crippen LogP contribution in [0.15, 0.2) is 227 Å². The minimum atomic E-state index is -0.253. The molecular weight excluding hydrogens is 902 g/mol. The summed E-state index contributed by atoms with van der Waals surface area (Å²) in [4.78, 5) is 0. The average Bonchev–Trinajstić information content (AvgIpc) is 4.33. The number of benzene rings is 11. The van der Waals surface area contributed by atoms with E-state index in [4.69, 9.17) is 8.83 Å². The van der Waals surface area contributed by atoms with Crippen LogP contribution >= 0.6 is 0 Å². The molecule has 2 aliphatic heterocycles. The molecule has 0 atom stereocenters. The highest BCUT2D eigenvalue weighted by Crippen LogP contribution is 2.46. The summed E-state index contributed by atoms with van der Waals surface area (Å²) < 4.78 is 24.4. The highest BCUT2D eigenvalue weighted by Gasteiger charge is 2.43. The maximum atomic E-state index is 6.98. The van der Waals surface area contributed by atoms with Crippen LogP contribution in [0.4, 0.5) is 0 Å². The van der Waals surface area contributed by atoms with Crippen molar-refractivity contribution in [3.63, 3.8) is 0 Å². The summed E-state index contributed by atoms with van der Waals surface area (Å²) in [5.74, 6) is 0. The Balaban J connectivity index is 1.06. The molecule has 0 amide bonds. The Morgan fingerprint density at radius 1 is 0.257 bits per heavy atom. The molecule has 0 saturated heterocycles. The Labute approximate surface area is 421 Å². The van der Waals surface area contributed by atoms with Crippen LogP contribution in [0.2, 0.25) is 0 Å². The van der Waals surface area contributed by atoms with E-state index in [1.807, 2.05) is 0 Å². The third-order valence-corrected chi connectivity index (χ3v) is 17.2. The van der Waals surface area contributed by atoms with Crippen LogP contribution in [0.25, 0.3) is 142 Å². The van der Waals surface area contributed by atoms with Crippen molar-refractivity contribution >= 4 is 167 Å². The Morgan fingerprint density at radius 3 is 0.973 bits per heavy atom. The number of aromatic nitrogens is 4. The van der Waals surface area contributed by atoms with E-state index in [2.05, 4.69) is 236 Å². The van der Waals surface area contributed by atoms with Gasteiger partial charge in [0.2, 0.25) is 0 Å². The average molecular weight is 939 g/mol. The monoisotopic (exact) mass is 938 g/mol. The van der Waals surface area contributed by atoms with E-state index in [9.17, 15) is 0 Å². The number of hydrogen-bond donors (Lipinski definition) is 0. The molecule has 11 aromatic carbocycles. The predicted molar refractivity (Wildman–Crippen MR) is 309 cm³/mol. The number of fused-ring (bicyclic) bond motifs is 24. The van der Waals surface area contributed by atoms with Gasteiger partial charge in [-0.3, -0.25) is 0 Å². The molecule has 6 nitrogen and oxygen atoms in total. The predicted octanol–water partition coefficient (Wildman–Crippen LogP) is 13.8. The van der Waals surface area contributed by atoms with Gasteiger partial charge in [0.25, 0.3) is 0 Å². The maximum Gasteiger partial charge on any atom is 0.332 e. The zero-order valence-corrected chi connectivity index (χ0v) is 39.5. The van der Waals surface area contributed by atoms with E-state index in [-0.39, 0.29) is 13.7 Å². The van der Waals surface area contributed by atoms with Crippen molar-refractivity contribution in [1.29, 1.82) is 0 Å². The molecule has 0 aliphatic carbocycles. The van der Waals surface area contributed by atoms with Crippen molar-refractivity contribution in [2.24, 2.45) is 0 Å². The third-order valence-electron chi connectivity index (χ3n) is 17.2. The maximum absolute atomic E-state index is 6.98. The van der Waals surface area contributed by atoms with Gasteiger partial charge in [-0.2, -0.15) is 0 Å². The van der Waals surface area contributed by atoms with Gasteiger partial charge in [0.1, 0.15) is 22.3 Å². The van der Waals surface area contributed by atoms with Crippen molar-refractivity contribution in [1.82, 2.24) is 18.1 Å². The molecule has 8 heterocycles. The van der Waals surface area contributed by atoms with Gasteiger partial charge in [-0.05, 0) is 88.6 Å². The second-order valence-electron chi connectivity index (χ2n) is 20.6. The van der Waals surface area contributed by atoms with Gasteiger partial charge in [-0.1, -0.05) is 152 Å². The van der Waals surface area contributed by atoms with Crippen LogP contribution in [0, 0.1) is 0 Å². The molecule has 0 radical (unpaired) electrons. The quantitative estimate of drug-likeness (QED) is 0.162. The Kier molecular flexibility index (Phi) is 6.82. The summed E-state index contributed by atoms with van der Waals surface area (Å²) in [6, 6.07) is 81.0. The van der Waals surface area contributed by atoms with Gasteiger partial charge in [0, 0.05) is 98.1 Å². The molecule has 6 aromatic heterocycles. The minimum absolute atomic E-state index is 0.253. The van der Waals surface area contributed by atoms with Crippen molar-refractivity contribution in [2.75, 3.05) is 0 Å². The molecule has 0 saturated carbocycles. The smallest absolute Gasteiger partial charge is 0.332 e. The van der Waals surface area contributed by atoms with Crippen molar-refractivity contribution in [2.45, 2.75) is 0 Å². The summed E-state index contributed by atoms with van der Waals surface area (Å²) >= 11 is 0. The third kappa shape index (κ3) is 4.42. The highest BCUT2D eigenvalue weighted by atomic mass is 16.3. The van der Waals surface area contributed by atoms with Crippen LogP contribution in [0.3, 0.4) is 0 Å². The first-order valence-corrected chi connectivity index (χ1v) is 25.7. The van der Waals surface area contributed by atoms with Gasteiger partial charge in [-0.25, -0.2) is 0 Å². The Hall–Kier alpha value is -9.65. The fourth-order valence-electron chi connectivity index (χ4n) is 14.5. The standard InChI is InChI=1S/C66H36B2N4O2/c1-11-27-51-37(17-1)38-18-2-12-28-52(38)71(51)67-45-33-46-56(36-55(45)69-49-25-9-5-21-41(49)63-61-43-23-7-15-31-57(43)73-59(61)34-47(67)65(63)69)70-50-26-10-6-22-42(50)64-62-44-24-8-16-32-58(44)74-60(62)35-48(66(64)70)68(46)72-53-29-13-3-19-39(53)40-20-4-14-30-54(40)72/h1-36H. The first-order valence-electron chi connectivity index (χ1n) is 25.7. The lowest BCUT2D eigenvalue weighted by Gasteiger charge is -2.33. The summed E-state index contributed by atoms with van der Waals surface area (Å²) in [5.41, 5.74) is 20.4. The summed E-state index contributed by atoms with van der Waals surface area (Å²) in [6.45, 7) is -0.506. The molecule has 2 aliphatic rings. The summed E-state index contributed by atoms with van der Waals surface area (Å²) in [5, 5.41) is 14.4. The summed E-state index contributed by atoms with van der Waals surface area (Å²) in [6.07, 6.45) is 0. The molecule has 0 unspecified atom stereocenters. The fourth-order valence-corrected chi connectivity index (χ4v) is 14.5. The van der Waals surface area contributed by atoms with Gasteiger partial charge in [0.05, 0.1) is 22.1 Å². The van der Waals surface area contributed by atoms with Crippen LogP contribution in [-0.2, 0) is 0 Å². The second kappa shape index (κ2) is 13.2. The van der Waals surface area contributed by atoms with E-state index < -0.39 is 0 Å². The van der Waals surface area contributed by atoms with E-state index >= 15 is 0 Å². The van der Waals surface area contributed by atoms with E-state index in [0.717, 1.165) is 43.9 Å². The van der Waals surface area contributed by atoms with Crippen LogP contribution < -0.4 is 21.9 Å². The molecule has 19 rings (SSSR count). The molecule has 74 heavy (non-hydrogen) atoms. The molecule has 0 fully saturated rings. The normalized spacial score (nSPS) is 13.4. The topological polar surface area (TPSA) is 46.0 Å². The van der Waals surface area contributed by atoms with Crippen molar-refractivity contribution < 1.29 is 8.83 Å². The minimum Gasteiger partial charge on any atom is -0.456 e. The van der Waals surface area contributed by atoms with Gasteiger partial charge in [-0.15, -0.1) is 0 Å². The molecule has 0 N–H and O–H groups in total. The number of nitrogens with zero attached hydrogens (tertiary/aromatic N) is 4. The van der Waals surface area contributed by atoms with Gasteiger partial charge >= 0.3 is 13.7 Å². The summed E-state index contributed by atoms with van der Waals surface area (Å²) in [7, 11) is 0. The fraction of sp³-hybridized carbons (Fsp3) is 0. The molecule has 0 spiro atoms. The molecule has 17 aromatic rings. The first-order chi connectivity index (χ1) is 36.8. The van der Waals surface area contributed by atoms with Crippen molar-refractivity contribution in [3.05, 3.63) is 218 Å². The molecule has 0 bridgehead atoms. The zero-order valence-electron chi connectivity index (χ0n) is 39.5. The molecular formula is C66H36B2N4O2. The van der Waals surface area contributed by atoms with E-state index in [1.54, 1.807) is 0 Å². The lowest BCUT2D eigenvalue weighted by atomic mass is 9.43. The zero-order chi connectivity index (χ0) is 47.7. The van der Waals surface area contributed by atoms with Gasteiger partial charge < -0.3 is 26.9 Å². The van der Waals surface area contributed by atoms with Crippen LogP contribution in [-0.4, -0.2) is 31.8 Å². The van der Waals surface area contributed by atoms with E-state index in [1.165, 1.54) is 120 Å². The number of rotatable bonds is 2. The SMILES string of the molecule is c1ccc2c(c1)oc1cc3c4c(c5ccccc5n4-c4cc5c(cc4B3n3c4ccccc4c4ccccc43)B(n3c4ccccc4c4ccccc43)c3cc4oc6ccccc6c4c4c6ccccc6n-5c34)c12. The number of furan rings is 2. The van der Waals surface area contributed by atoms with Crippen LogP contribution in [0.5, 0.6) is 0 Å². The Bertz CT molecular complexity index is 4990.